The average molecular weight is 411 g/mol. The quantitative estimate of drug-likeness (QED) is 0.541. The Morgan fingerprint density at radius 2 is 1.97 bits per heavy atom. The third-order valence-electron chi connectivity index (χ3n) is 5.16. The second-order valence-corrected chi connectivity index (χ2v) is 7.27. The van der Waals surface area contributed by atoms with Gasteiger partial charge < -0.3 is 29.7 Å². The molecule has 0 amide bonds. The Kier molecular flexibility index (Phi) is 5.93. The zero-order valence-corrected chi connectivity index (χ0v) is 16.8. The summed E-state index contributed by atoms with van der Waals surface area (Å²) in [6.45, 7) is 2.86. The Morgan fingerprint density at radius 1 is 1.23 bits per heavy atom. The van der Waals surface area contributed by atoms with Crippen LogP contribution in [0.5, 0.6) is 0 Å². The van der Waals surface area contributed by atoms with Gasteiger partial charge in [-0.2, -0.15) is 0 Å². The molecular weight excluding hydrogens is 386 g/mol. The van der Waals surface area contributed by atoms with Crippen molar-refractivity contribution in [1.29, 1.82) is 0 Å². The number of ether oxygens (including phenoxy) is 1. The van der Waals surface area contributed by atoms with Crippen molar-refractivity contribution in [2.75, 3.05) is 49.7 Å². The number of aromatic nitrogens is 3. The molecule has 9 heteroatoms. The molecule has 30 heavy (non-hydrogen) atoms. The van der Waals surface area contributed by atoms with E-state index in [1.165, 1.54) is 10.9 Å². The summed E-state index contributed by atoms with van der Waals surface area (Å²) in [6, 6.07) is 9.87. The van der Waals surface area contributed by atoms with Crippen molar-refractivity contribution in [3.63, 3.8) is 0 Å². The third kappa shape index (κ3) is 4.13. The highest BCUT2D eigenvalue weighted by molar-refractivity contribution is 5.91. The first-order valence-electron chi connectivity index (χ1n) is 9.89. The van der Waals surface area contributed by atoms with E-state index in [0.29, 0.717) is 22.4 Å². The molecule has 1 aliphatic heterocycles. The van der Waals surface area contributed by atoms with Crippen molar-refractivity contribution in [3.05, 3.63) is 47.0 Å². The molecule has 0 radical (unpaired) electrons. The van der Waals surface area contributed by atoms with Gasteiger partial charge in [0.05, 0.1) is 43.5 Å². The first kappa shape index (κ1) is 20.3. The Bertz CT molecular complexity index is 1080. The van der Waals surface area contributed by atoms with Gasteiger partial charge in [-0.1, -0.05) is 12.1 Å². The molecule has 3 heterocycles. The normalized spacial score (nSPS) is 15.4. The second kappa shape index (κ2) is 8.78. The van der Waals surface area contributed by atoms with Crippen LogP contribution < -0.4 is 15.8 Å². The lowest BCUT2D eigenvalue weighted by atomic mass is 10.1. The Balaban J connectivity index is 1.71. The number of anilines is 2. The first-order valence-corrected chi connectivity index (χ1v) is 9.89. The molecule has 3 aromatic rings. The number of benzene rings is 1. The second-order valence-electron chi connectivity index (χ2n) is 7.27. The van der Waals surface area contributed by atoms with Gasteiger partial charge in [-0.25, -0.2) is 9.97 Å². The van der Waals surface area contributed by atoms with Gasteiger partial charge in [0.15, 0.2) is 0 Å². The van der Waals surface area contributed by atoms with E-state index >= 15 is 0 Å². The number of aryl methyl sites for hydroxylation is 1. The fourth-order valence-corrected chi connectivity index (χ4v) is 3.44. The van der Waals surface area contributed by atoms with Crippen LogP contribution in [0.4, 0.5) is 11.5 Å². The maximum absolute atomic E-state index is 12.6. The molecule has 0 saturated carbocycles. The highest BCUT2D eigenvalue weighted by atomic mass is 16.5. The smallest absolute Gasteiger partial charge is 0.264 e. The Hall–Kier alpha value is -3.01. The van der Waals surface area contributed by atoms with Crippen molar-refractivity contribution in [2.24, 2.45) is 7.05 Å². The monoisotopic (exact) mass is 411 g/mol. The number of nitrogens with zero attached hydrogens (tertiary/aromatic N) is 4. The van der Waals surface area contributed by atoms with Gasteiger partial charge in [0.25, 0.3) is 5.56 Å². The van der Waals surface area contributed by atoms with Gasteiger partial charge in [0, 0.05) is 37.9 Å². The molecule has 0 spiro atoms. The lowest BCUT2D eigenvalue weighted by Gasteiger charge is -2.28. The summed E-state index contributed by atoms with van der Waals surface area (Å²) in [4.78, 5) is 23.9. The molecule has 3 N–H and O–H groups in total. The zero-order valence-electron chi connectivity index (χ0n) is 16.8. The van der Waals surface area contributed by atoms with Crippen LogP contribution >= 0.6 is 0 Å². The number of rotatable bonds is 6. The van der Waals surface area contributed by atoms with E-state index < -0.39 is 6.10 Å². The van der Waals surface area contributed by atoms with E-state index in [4.69, 9.17) is 9.84 Å². The van der Waals surface area contributed by atoms with Crippen molar-refractivity contribution in [3.8, 4) is 11.3 Å². The van der Waals surface area contributed by atoms with Gasteiger partial charge in [0.2, 0.25) is 0 Å². The maximum Gasteiger partial charge on any atom is 0.264 e. The molecule has 1 aliphatic rings. The van der Waals surface area contributed by atoms with Gasteiger partial charge in [-0.3, -0.25) is 4.79 Å². The van der Waals surface area contributed by atoms with Gasteiger partial charge >= 0.3 is 0 Å². The predicted molar refractivity (Wildman–Crippen MR) is 115 cm³/mol. The molecular formula is C21H25N5O4. The number of aliphatic hydroxyl groups is 2. The molecule has 158 valence electrons. The molecule has 2 aromatic heterocycles. The van der Waals surface area contributed by atoms with Crippen molar-refractivity contribution >= 4 is 22.4 Å². The van der Waals surface area contributed by atoms with E-state index in [2.05, 4.69) is 20.2 Å². The van der Waals surface area contributed by atoms with Crippen LogP contribution in [-0.4, -0.2) is 70.3 Å². The van der Waals surface area contributed by atoms with Crippen molar-refractivity contribution in [1.82, 2.24) is 14.5 Å². The number of nitrogens with one attached hydrogen (secondary N) is 1. The average Bonchev–Trinajstić information content (AvgIpc) is 2.80. The van der Waals surface area contributed by atoms with E-state index in [1.807, 2.05) is 24.3 Å². The summed E-state index contributed by atoms with van der Waals surface area (Å²) in [5.41, 5.74) is 2.96. The first-order chi connectivity index (χ1) is 14.6. The number of aliphatic hydroxyl groups excluding tert-OH is 2. The van der Waals surface area contributed by atoms with Crippen LogP contribution in [0.25, 0.3) is 22.2 Å². The van der Waals surface area contributed by atoms with Gasteiger partial charge in [-0.05, 0) is 18.2 Å². The standard InChI is InChI=1S/C21H25N5O4/c1-25-13-23-18-10-17(24-20(19(18)21(25)29)22-11-16(28)12-27)14-2-4-15(5-3-14)26-6-8-30-9-7-26/h2-5,10,13,16,27-28H,6-9,11-12H2,1H3,(H,22,24)/t16-/m0/s1. The third-order valence-corrected chi connectivity index (χ3v) is 5.16. The SMILES string of the molecule is Cn1cnc2cc(-c3ccc(N4CCOCC4)cc3)nc(NC[C@H](O)CO)c2c1=O. The van der Waals surface area contributed by atoms with Gasteiger partial charge in [0.1, 0.15) is 11.2 Å². The minimum absolute atomic E-state index is 0.0655. The summed E-state index contributed by atoms with van der Waals surface area (Å²) in [6.07, 6.45) is 0.515. The highest BCUT2D eigenvalue weighted by Crippen LogP contribution is 2.27. The Labute approximate surface area is 173 Å². The van der Waals surface area contributed by atoms with E-state index in [9.17, 15) is 9.90 Å². The molecule has 4 rings (SSSR count). The maximum atomic E-state index is 12.6. The summed E-state index contributed by atoms with van der Waals surface area (Å²) in [5.74, 6) is 0.334. The summed E-state index contributed by atoms with van der Waals surface area (Å²) in [7, 11) is 1.62. The molecule has 1 atom stereocenters. The van der Waals surface area contributed by atoms with E-state index in [-0.39, 0.29) is 18.7 Å². The lowest BCUT2D eigenvalue weighted by Crippen LogP contribution is -2.36. The molecule has 1 saturated heterocycles. The highest BCUT2D eigenvalue weighted by Gasteiger charge is 2.15. The van der Waals surface area contributed by atoms with Crippen LogP contribution in [0.1, 0.15) is 0 Å². The van der Waals surface area contributed by atoms with Crippen LogP contribution in [-0.2, 0) is 11.8 Å². The molecule has 0 unspecified atom stereocenters. The summed E-state index contributed by atoms with van der Waals surface area (Å²) >= 11 is 0. The summed E-state index contributed by atoms with van der Waals surface area (Å²) < 4.78 is 6.79. The lowest BCUT2D eigenvalue weighted by molar-refractivity contribution is 0.105. The van der Waals surface area contributed by atoms with E-state index in [0.717, 1.165) is 37.6 Å². The summed E-state index contributed by atoms with van der Waals surface area (Å²) in [5, 5.41) is 22.1. The van der Waals surface area contributed by atoms with Gasteiger partial charge in [-0.15, -0.1) is 0 Å². The van der Waals surface area contributed by atoms with E-state index in [1.54, 1.807) is 13.1 Å². The topological polar surface area (TPSA) is 113 Å². The fourth-order valence-electron chi connectivity index (χ4n) is 3.44. The van der Waals surface area contributed by atoms with Crippen LogP contribution in [0.3, 0.4) is 0 Å². The number of hydrogen-bond donors (Lipinski definition) is 3. The number of pyridine rings is 1. The van der Waals surface area contributed by atoms with Crippen LogP contribution in [0.2, 0.25) is 0 Å². The zero-order chi connectivity index (χ0) is 21.1. The van der Waals surface area contributed by atoms with Crippen molar-refractivity contribution < 1.29 is 14.9 Å². The largest absolute Gasteiger partial charge is 0.394 e. The predicted octanol–water partition coefficient (Wildman–Crippen LogP) is 0.597. The van der Waals surface area contributed by atoms with Crippen LogP contribution in [0.15, 0.2) is 41.5 Å². The number of fused-ring (bicyclic) bond motifs is 1. The Morgan fingerprint density at radius 3 is 2.67 bits per heavy atom. The number of morpholine rings is 1. The molecule has 1 fully saturated rings. The minimum Gasteiger partial charge on any atom is -0.394 e. The molecule has 0 bridgehead atoms. The van der Waals surface area contributed by atoms with Crippen molar-refractivity contribution in [2.45, 2.75) is 6.10 Å². The molecule has 9 nitrogen and oxygen atoms in total. The molecule has 0 aliphatic carbocycles. The minimum atomic E-state index is -0.959. The van der Waals surface area contributed by atoms with Crippen LogP contribution in [0, 0.1) is 0 Å². The molecule has 1 aromatic carbocycles. The fraction of sp³-hybridized carbons (Fsp3) is 0.381. The number of hydrogen-bond acceptors (Lipinski definition) is 8.